The number of carbonyl (C=O) groups excluding carboxylic acids is 1. The van der Waals surface area contributed by atoms with Crippen LogP contribution in [0.15, 0.2) is 18.2 Å². The highest BCUT2D eigenvalue weighted by Gasteiger charge is 2.25. The molecule has 29 heavy (non-hydrogen) atoms. The van der Waals surface area contributed by atoms with E-state index in [-0.39, 0.29) is 6.09 Å². The van der Waals surface area contributed by atoms with Crippen LogP contribution >= 0.6 is 0 Å². The monoisotopic (exact) mass is 399 g/mol. The van der Waals surface area contributed by atoms with Crippen molar-refractivity contribution in [2.45, 2.75) is 52.1 Å². The third-order valence-corrected chi connectivity index (χ3v) is 5.36. The molecule has 1 saturated heterocycles. The van der Waals surface area contributed by atoms with Crippen molar-refractivity contribution in [3.05, 3.63) is 29.3 Å². The predicted octanol–water partition coefficient (Wildman–Crippen LogP) is 3.74. The third-order valence-electron chi connectivity index (χ3n) is 5.36. The number of rotatable bonds is 8. The van der Waals surface area contributed by atoms with E-state index in [4.69, 9.17) is 9.47 Å². The van der Waals surface area contributed by atoms with Crippen molar-refractivity contribution in [2.75, 3.05) is 32.8 Å². The molecule has 1 heterocycles. The molecule has 2 fully saturated rings. The summed E-state index contributed by atoms with van der Waals surface area (Å²) in [6.07, 6.45) is 4.11. The van der Waals surface area contributed by atoms with Crippen LogP contribution in [-0.4, -0.2) is 49.4 Å². The number of hydrogen-bond donors (Lipinski definition) is 1. The molecule has 1 N–H and O–H groups in total. The van der Waals surface area contributed by atoms with E-state index in [1.165, 1.54) is 12.8 Å². The molecule has 3 rings (SSSR count). The summed E-state index contributed by atoms with van der Waals surface area (Å²) >= 11 is 0. The lowest BCUT2D eigenvalue weighted by Crippen LogP contribution is -2.36. The number of nitrogens with zero attached hydrogens (tertiary/aromatic N) is 2. The average Bonchev–Trinajstić information content (AvgIpc) is 3.38. The minimum Gasteiger partial charge on any atom is -0.493 e. The molecule has 1 aromatic rings. The fourth-order valence-corrected chi connectivity index (χ4v) is 3.58. The van der Waals surface area contributed by atoms with E-state index in [0.29, 0.717) is 23.9 Å². The highest BCUT2D eigenvalue weighted by molar-refractivity contribution is 5.67. The first-order valence-electron chi connectivity index (χ1n) is 10.7. The molecular formula is C23H33N3O3. The molecule has 1 aliphatic heterocycles. The Kier molecular flexibility index (Phi) is 7.02. The van der Waals surface area contributed by atoms with Crippen LogP contribution in [0.3, 0.4) is 0 Å². The summed E-state index contributed by atoms with van der Waals surface area (Å²) in [7, 11) is 0. The Hall–Kier alpha value is -2.26. The second-order valence-corrected chi connectivity index (χ2v) is 9.28. The molecule has 1 saturated carbocycles. The van der Waals surface area contributed by atoms with E-state index in [0.717, 1.165) is 50.4 Å². The smallest absolute Gasteiger partial charge is 0.407 e. The number of amides is 1. The highest BCUT2D eigenvalue weighted by Crippen LogP contribution is 2.31. The molecule has 1 aromatic carbocycles. The molecule has 1 amide bonds. The van der Waals surface area contributed by atoms with Gasteiger partial charge in [-0.25, -0.2) is 4.79 Å². The van der Waals surface area contributed by atoms with Crippen molar-refractivity contribution in [3.8, 4) is 11.8 Å². The van der Waals surface area contributed by atoms with E-state index in [1.54, 1.807) is 0 Å². The van der Waals surface area contributed by atoms with Gasteiger partial charge >= 0.3 is 6.09 Å². The van der Waals surface area contributed by atoms with Crippen LogP contribution in [0, 0.1) is 23.2 Å². The van der Waals surface area contributed by atoms with Gasteiger partial charge < -0.3 is 19.7 Å². The standard InChI is InChI=1S/C23H33N3O3/c1-23(2,3)29-22(27)25-14-19-8-10-26(15-19)11-9-20-12-18(13-24)6-7-21(20)28-16-17-4-5-17/h6-7,12,17,19H,4-5,8-11,14-16H2,1-3H3,(H,25,27)/t19-/m0/s1. The number of nitriles is 1. The number of hydrogen-bond acceptors (Lipinski definition) is 5. The van der Waals surface area contributed by atoms with Crippen LogP contribution < -0.4 is 10.1 Å². The number of nitrogens with one attached hydrogen (secondary N) is 1. The zero-order valence-corrected chi connectivity index (χ0v) is 17.9. The molecule has 0 radical (unpaired) electrons. The Bertz CT molecular complexity index is 747. The van der Waals surface area contributed by atoms with Gasteiger partial charge in [0.05, 0.1) is 18.2 Å². The normalized spacial score (nSPS) is 19.6. The minimum atomic E-state index is -0.469. The predicted molar refractivity (Wildman–Crippen MR) is 112 cm³/mol. The number of carbonyl (C=O) groups is 1. The lowest BCUT2D eigenvalue weighted by molar-refractivity contribution is 0.0519. The Labute approximate surface area is 174 Å². The van der Waals surface area contributed by atoms with E-state index in [9.17, 15) is 10.1 Å². The topological polar surface area (TPSA) is 74.6 Å². The fraction of sp³-hybridized carbons (Fsp3) is 0.652. The van der Waals surface area contributed by atoms with Gasteiger partial charge in [-0.1, -0.05) is 0 Å². The molecule has 1 atom stereocenters. The number of likely N-dealkylation sites (tertiary alicyclic amines) is 1. The first-order chi connectivity index (χ1) is 13.8. The second kappa shape index (κ2) is 9.49. The molecule has 0 aromatic heterocycles. The molecule has 6 nitrogen and oxygen atoms in total. The lowest BCUT2D eigenvalue weighted by atomic mass is 10.1. The van der Waals surface area contributed by atoms with Gasteiger partial charge in [0, 0.05) is 19.6 Å². The molecule has 2 aliphatic rings. The summed E-state index contributed by atoms with van der Waals surface area (Å²) in [5.41, 5.74) is 1.32. The first kappa shape index (κ1) is 21.4. The summed E-state index contributed by atoms with van der Waals surface area (Å²) in [6, 6.07) is 7.96. The van der Waals surface area contributed by atoms with Gasteiger partial charge in [0.25, 0.3) is 0 Å². The van der Waals surface area contributed by atoms with Gasteiger partial charge in [-0.05, 0) is 88.6 Å². The summed E-state index contributed by atoms with van der Waals surface area (Å²) in [5.74, 6) is 2.06. The summed E-state index contributed by atoms with van der Waals surface area (Å²) in [5, 5.41) is 12.1. The van der Waals surface area contributed by atoms with Gasteiger partial charge in [0.2, 0.25) is 0 Å². The lowest BCUT2D eigenvalue weighted by Gasteiger charge is -2.21. The Morgan fingerprint density at radius 1 is 1.28 bits per heavy atom. The van der Waals surface area contributed by atoms with E-state index in [1.807, 2.05) is 39.0 Å². The maximum atomic E-state index is 11.8. The molecule has 158 valence electrons. The maximum absolute atomic E-state index is 11.8. The second-order valence-electron chi connectivity index (χ2n) is 9.28. The van der Waals surface area contributed by atoms with Crippen molar-refractivity contribution in [2.24, 2.45) is 11.8 Å². The SMILES string of the molecule is CC(C)(C)OC(=O)NC[C@@H]1CCN(CCc2cc(C#N)ccc2OCC2CC2)C1. The van der Waals surface area contributed by atoms with Gasteiger partial charge in [-0.15, -0.1) is 0 Å². The average molecular weight is 400 g/mol. The molecule has 6 heteroatoms. The van der Waals surface area contributed by atoms with Crippen LogP contribution in [0.5, 0.6) is 5.75 Å². The van der Waals surface area contributed by atoms with E-state index in [2.05, 4.69) is 16.3 Å². The maximum Gasteiger partial charge on any atom is 0.407 e. The van der Waals surface area contributed by atoms with Crippen LogP contribution in [0.25, 0.3) is 0 Å². The molecule has 0 unspecified atom stereocenters. The molecular weight excluding hydrogens is 366 g/mol. The van der Waals surface area contributed by atoms with Crippen molar-refractivity contribution < 1.29 is 14.3 Å². The van der Waals surface area contributed by atoms with Gasteiger partial charge in [-0.3, -0.25) is 0 Å². The van der Waals surface area contributed by atoms with Crippen molar-refractivity contribution in [1.82, 2.24) is 10.2 Å². The Morgan fingerprint density at radius 3 is 2.76 bits per heavy atom. The number of alkyl carbamates (subject to hydrolysis) is 1. The first-order valence-corrected chi connectivity index (χ1v) is 10.7. The molecule has 0 bridgehead atoms. The molecule has 0 spiro atoms. The van der Waals surface area contributed by atoms with E-state index < -0.39 is 5.60 Å². The van der Waals surface area contributed by atoms with E-state index >= 15 is 0 Å². The minimum absolute atomic E-state index is 0.346. The van der Waals surface area contributed by atoms with Crippen LogP contribution in [0.2, 0.25) is 0 Å². The number of ether oxygens (including phenoxy) is 2. The van der Waals surface area contributed by atoms with Gasteiger partial charge in [0.1, 0.15) is 11.4 Å². The number of benzene rings is 1. The summed E-state index contributed by atoms with van der Waals surface area (Å²) < 4.78 is 11.3. The van der Waals surface area contributed by atoms with Crippen molar-refractivity contribution in [1.29, 1.82) is 5.26 Å². The molecule has 1 aliphatic carbocycles. The van der Waals surface area contributed by atoms with Crippen LogP contribution in [0.1, 0.15) is 51.2 Å². The zero-order chi connectivity index (χ0) is 20.9. The fourth-order valence-electron chi connectivity index (χ4n) is 3.58. The van der Waals surface area contributed by atoms with Gasteiger partial charge in [-0.2, -0.15) is 5.26 Å². The zero-order valence-electron chi connectivity index (χ0n) is 17.9. The quantitative estimate of drug-likeness (QED) is 0.721. The largest absolute Gasteiger partial charge is 0.493 e. The van der Waals surface area contributed by atoms with Gasteiger partial charge in [0.15, 0.2) is 0 Å². The van der Waals surface area contributed by atoms with Crippen LogP contribution in [-0.2, 0) is 11.2 Å². The summed E-state index contributed by atoms with van der Waals surface area (Å²) in [4.78, 5) is 14.3. The van der Waals surface area contributed by atoms with Crippen molar-refractivity contribution >= 4 is 6.09 Å². The Balaban J connectivity index is 1.45. The highest BCUT2D eigenvalue weighted by atomic mass is 16.6. The Morgan fingerprint density at radius 2 is 2.07 bits per heavy atom. The third kappa shape index (κ3) is 7.25. The van der Waals surface area contributed by atoms with Crippen molar-refractivity contribution in [3.63, 3.8) is 0 Å². The van der Waals surface area contributed by atoms with Crippen LogP contribution in [0.4, 0.5) is 4.79 Å². The summed E-state index contributed by atoms with van der Waals surface area (Å²) in [6.45, 7) is 9.95.